The number of carbonyl (C=O) groups is 1. The molecule has 2 N–H and O–H groups in total. The second-order valence-corrected chi connectivity index (χ2v) is 5.15. The van der Waals surface area contributed by atoms with Gasteiger partial charge < -0.3 is 15.4 Å². The molecule has 0 atom stereocenters. The highest BCUT2D eigenvalue weighted by Crippen LogP contribution is 2.21. The van der Waals surface area contributed by atoms with Crippen molar-refractivity contribution in [2.24, 2.45) is 5.73 Å². The van der Waals surface area contributed by atoms with E-state index in [-0.39, 0.29) is 36.5 Å². The lowest BCUT2D eigenvalue weighted by molar-refractivity contribution is -0.132. The first-order chi connectivity index (χ1) is 10.1. The van der Waals surface area contributed by atoms with Crippen LogP contribution >= 0.6 is 24.8 Å². The maximum atomic E-state index is 13.4. The van der Waals surface area contributed by atoms with Gasteiger partial charge in [-0.15, -0.1) is 24.8 Å². The molecule has 0 unspecified atom stereocenters. The van der Waals surface area contributed by atoms with E-state index >= 15 is 0 Å². The first kappa shape index (κ1) is 21.9. The van der Waals surface area contributed by atoms with Crippen LogP contribution in [0.25, 0.3) is 0 Å². The SMILES string of the molecule is COc1ccc(F)cc1CN1CCN(C(=O)CCN)CC1.Cl.Cl. The van der Waals surface area contributed by atoms with Crippen LogP contribution in [0.4, 0.5) is 4.39 Å². The number of nitrogens with two attached hydrogens (primary N) is 1. The highest BCUT2D eigenvalue weighted by Gasteiger charge is 2.21. The van der Waals surface area contributed by atoms with E-state index in [9.17, 15) is 9.18 Å². The van der Waals surface area contributed by atoms with Crippen LogP contribution in [0, 0.1) is 5.82 Å². The van der Waals surface area contributed by atoms with E-state index in [2.05, 4.69) is 4.90 Å². The van der Waals surface area contributed by atoms with E-state index in [1.54, 1.807) is 13.2 Å². The van der Waals surface area contributed by atoms with E-state index in [1.165, 1.54) is 12.1 Å². The highest BCUT2D eigenvalue weighted by molar-refractivity contribution is 5.85. The number of methoxy groups -OCH3 is 1. The lowest BCUT2D eigenvalue weighted by atomic mass is 10.1. The summed E-state index contributed by atoms with van der Waals surface area (Å²) in [6.45, 7) is 3.94. The van der Waals surface area contributed by atoms with Crippen molar-refractivity contribution in [3.8, 4) is 5.75 Å². The summed E-state index contributed by atoms with van der Waals surface area (Å²) in [5.41, 5.74) is 6.24. The van der Waals surface area contributed by atoms with Crippen LogP contribution in [-0.2, 0) is 11.3 Å². The summed E-state index contributed by atoms with van der Waals surface area (Å²) in [7, 11) is 1.58. The lowest BCUT2D eigenvalue weighted by Gasteiger charge is -2.35. The molecule has 5 nitrogen and oxygen atoms in total. The molecule has 1 heterocycles. The molecular formula is C15H24Cl2FN3O2. The first-order valence-electron chi connectivity index (χ1n) is 7.16. The van der Waals surface area contributed by atoms with Gasteiger partial charge in [-0.2, -0.15) is 0 Å². The number of benzene rings is 1. The summed E-state index contributed by atoms with van der Waals surface area (Å²) < 4.78 is 18.6. The average molecular weight is 368 g/mol. The maximum Gasteiger partial charge on any atom is 0.223 e. The molecule has 0 bridgehead atoms. The Morgan fingerprint density at radius 3 is 2.48 bits per heavy atom. The fraction of sp³-hybridized carbons (Fsp3) is 0.533. The van der Waals surface area contributed by atoms with E-state index < -0.39 is 0 Å². The van der Waals surface area contributed by atoms with Crippen LogP contribution in [0.15, 0.2) is 18.2 Å². The van der Waals surface area contributed by atoms with Crippen LogP contribution in [0.1, 0.15) is 12.0 Å². The summed E-state index contributed by atoms with van der Waals surface area (Å²) in [6, 6.07) is 4.54. The molecule has 1 aromatic rings. The van der Waals surface area contributed by atoms with Gasteiger partial charge in [-0.25, -0.2) is 4.39 Å². The third-order valence-corrected chi connectivity index (χ3v) is 3.72. The average Bonchev–Trinajstić information content (AvgIpc) is 2.48. The summed E-state index contributed by atoms with van der Waals surface area (Å²) in [5.74, 6) is 0.543. The van der Waals surface area contributed by atoms with Crippen molar-refractivity contribution < 1.29 is 13.9 Å². The number of ether oxygens (including phenoxy) is 1. The number of piperazine rings is 1. The Morgan fingerprint density at radius 1 is 1.26 bits per heavy atom. The minimum Gasteiger partial charge on any atom is -0.496 e. The van der Waals surface area contributed by atoms with Crippen molar-refractivity contribution in [3.63, 3.8) is 0 Å². The van der Waals surface area contributed by atoms with Crippen LogP contribution in [0.3, 0.4) is 0 Å². The molecule has 1 amide bonds. The molecule has 0 aliphatic carbocycles. The minimum absolute atomic E-state index is 0. The van der Waals surface area contributed by atoms with Crippen molar-refractivity contribution >= 4 is 30.7 Å². The quantitative estimate of drug-likeness (QED) is 0.859. The zero-order chi connectivity index (χ0) is 15.2. The maximum absolute atomic E-state index is 13.4. The van der Waals surface area contributed by atoms with Gasteiger partial charge in [-0.1, -0.05) is 0 Å². The topological polar surface area (TPSA) is 58.8 Å². The van der Waals surface area contributed by atoms with Gasteiger partial charge in [-0.05, 0) is 18.2 Å². The van der Waals surface area contributed by atoms with E-state index in [1.807, 2.05) is 4.90 Å². The van der Waals surface area contributed by atoms with Crippen molar-refractivity contribution in [2.75, 3.05) is 39.8 Å². The zero-order valence-electron chi connectivity index (χ0n) is 13.2. The predicted molar refractivity (Wildman–Crippen MR) is 93.0 cm³/mol. The van der Waals surface area contributed by atoms with E-state index in [4.69, 9.17) is 10.5 Å². The molecule has 1 aliphatic rings. The third-order valence-electron chi connectivity index (χ3n) is 3.72. The van der Waals surface area contributed by atoms with Gasteiger partial charge in [0, 0.05) is 51.3 Å². The number of nitrogens with zero attached hydrogens (tertiary/aromatic N) is 2. The van der Waals surface area contributed by atoms with Gasteiger partial charge in [0.1, 0.15) is 11.6 Å². The molecular weight excluding hydrogens is 344 g/mol. The van der Waals surface area contributed by atoms with Gasteiger partial charge >= 0.3 is 0 Å². The largest absolute Gasteiger partial charge is 0.496 e. The second kappa shape index (κ2) is 10.6. The molecule has 0 aromatic heterocycles. The van der Waals surface area contributed by atoms with Crippen LogP contribution < -0.4 is 10.5 Å². The first-order valence-corrected chi connectivity index (χ1v) is 7.16. The Hall–Kier alpha value is -1.08. The second-order valence-electron chi connectivity index (χ2n) is 5.15. The summed E-state index contributed by atoms with van der Waals surface area (Å²) in [6.07, 6.45) is 0.401. The zero-order valence-corrected chi connectivity index (χ0v) is 14.8. The van der Waals surface area contributed by atoms with Gasteiger partial charge in [0.2, 0.25) is 5.91 Å². The molecule has 132 valence electrons. The Bertz CT molecular complexity index is 498. The lowest BCUT2D eigenvalue weighted by Crippen LogP contribution is -2.48. The fourth-order valence-corrected chi connectivity index (χ4v) is 2.55. The van der Waals surface area contributed by atoms with Crippen molar-refractivity contribution in [1.82, 2.24) is 9.80 Å². The molecule has 1 aromatic carbocycles. The monoisotopic (exact) mass is 367 g/mol. The highest BCUT2D eigenvalue weighted by atomic mass is 35.5. The molecule has 23 heavy (non-hydrogen) atoms. The molecule has 1 saturated heterocycles. The Morgan fingerprint density at radius 2 is 1.91 bits per heavy atom. The molecule has 0 radical (unpaired) electrons. The van der Waals surface area contributed by atoms with Gasteiger partial charge in [0.05, 0.1) is 7.11 Å². The third kappa shape index (κ3) is 6.14. The van der Waals surface area contributed by atoms with Gasteiger partial charge in [0.25, 0.3) is 0 Å². The van der Waals surface area contributed by atoms with Crippen LogP contribution in [-0.4, -0.2) is 55.5 Å². The standard InChI is InChI=1S/C15H22FN3O2.2ClH/c1-21-14-3-2-13(16)10-12(14)11-18-6-8-19(9-7-18)15(20)4-5-17;;/h2-3,10H,4-9,11,17H2,1H3;2*1H. The molecule has 1 fully saturated rings. The fourth-order valence-electron chi connectivity index (χ4n) is 2.55. The van der Waals surface area contributed by atoms with E-state index in [0.29, 0.717) is 38.3 Å². The van der Waals surface area contributed by atoms with Crippen LogP contribution in [0.5, 0.6) is 5.75 Å². The Labute approximate surface area is 148 Å². The van der Waals surface area contributed by atoms with Crippen molar-refractivity contribution in [3.05, 3.63) is 29.6 Å². The number of rotatable bonds is 5. The van der Waals surface area contributed by atoms with Crippen molar-refractivity contribution in [1.29, 1.82) is 0 Å². The van der Waals surface area contributed by atoms with Crippen molar-refractivity contribution in [2.45, 2.75) is 13.0 Å². The number of halogens is 3. The van der Waals surface area contributed by atoms with Crippen LogP contribution in [0.2, 0.25) is 0 Å². The molecule has 0 saturated carbocycles. The Kier molecular flexibility index (Phi) is 10.1. The number of amides is 1. The molecule has 1 aliphatic heterocycles. The van der Waals surface area contributed by atoms with Gasteiger partial charge in [0.15, 0.2) is 0 Å². The summed E-state index contributed by atoms with van der Waals surface area (Å²) in [4.78, 5) is 15.8. The summed E-state index contributed by atoms with van der Waals surface area (Å²) >= 11 is 0. The minimum atomic E-state index is -0.262. The Balaban J connectivity index is 0.00000242. The van der Waals surface area contributed by atoms with Gasteiger partial charge in [-0.3, -0.25) is 9.69 Å². The smallest absolute Gasteiger partial charge is 0.223 e. The number of hydrogen-bond donors (Lipinski definition) is 1. The molecule has 2 rings (SSSR count). The molecule has 8 heteroatoms. The normalized spacial score (nSPS) is 14.7. The van der Waals surface area contributed by atoms with E-state index in [0.717, 1.165) is 18.7 Å². The number of carbonyl (C=O) groups excluding carboxylic acids is 1. The number of hydrogen-bond acceptors (Lipinski definition) is 4. The predicted octanol–water partition coefficient (Wildman–Crippen LogP) is 1.67. The molecule has 0 spiro atoms. The summed E-state index contributed by atoms with van der Waals surface area (Å²) in [5, 5.41) is 0.